The minimum Gasteiger partial charge on any atom is -0.104 e. The van der Waals surface area contributed by atoms with Gasteiger partial charge in [0.05, 0.1) is 0 Å². The van der Waals surface area contributed by atoms with Crippen molar-refractivity contribution >= 4 is 39.9 Å². The zero-order chi connectivity index (χ0) is 6.85. The van der Waals surface area contributed by atoms with Crippen LogP contribution in [-0.2, 0) is 0 Å². The fourth-order valence-corrected chi connectivity index (χ4v) is 0.593. The third kappa shape index (κ3) is 1.41. The maximum Gasteiger partial charge on any atom is 0.113 e. The maximum atomic E-state index is 5.42. The third-order valence-corrected chi connectivity index (χ3v) is 1.11. The molecule has 0 aliphatic heterocycles. The summed E-state index contributed by atoms with van der Waals surface area (Å²) in [4.78, 5) is 0. The Hall–Kier alpha value is -0.585. The van der Waals surface area contributed by atoms with Crippen LogP contribution < -0.4 is 16.4 Å². The summed E-state index contributed by atoms with van der Waals surface area (Å²) in [5.74, 6) is 0. The van der Waals surface area contributed by atoms with Crippen LogP contribution in [0, 0.1) is 0 Å². The van der Waals surface area contributed by atoms with Crippen LogP contribution in [0.15, 0.2) is 18.2 Å². The molecule has 3 heteroatoms. The molecule has 0 atom stereocenters. The molecular weight excluding hydrogens is 105 g/mol. The Balaban J connectivity index is 3.17. The van der Waals surface area contributed by atoms with Gasteiger partial charge < -0.3 is 0 Å². The molecule has 0 N–H and O–H groups in total. The molecule has 0 spiro atoms. The zero-order valence-electron chi connectivity index (χ0n) is 4.96. The number of hydrogen-bond acceptors (Lipinski definition) is 0. The molecule has 1 aromatic carbocycles. The summed E-state index contributed by atoms with van der Waals surface area (Å²) in [5.41, 5.74) is 1.75. The lowest BCUT2D eigenvalue weighted by Crippen LogP contribution is -2.29. The fraction of sp³-hybridized carbons (Fsp3) is 0. The van der Waals surface area contributed by atoms with Gasteiger partial charge in [-0.2, -0.15) is 0 Å². The number of benzene rings is 1. The SMILES string of the molecule is [B]c1ccc([B])c([B])c1. The van der Waals surface area contributed by atoms with Crippen molar-refractivity contribution < 1.29 is 0 Å². The van der Waals surface area contributed by atoms with E-state index in [0.717, 1.165) is 0 Å². The van der Waals surface area contributed by atoms with Crippen LogP contribution in [-0.4, -0.2) is 23.5 Å². The Morgan fingerprint density at radius 2 is 1.56 bits per heavy atom. The van der Waals surface area contributed by atoms with Gasteiger partial charge in [0.15, 0.2) is 0 Å². The highest BCUT2D eigenvalue weighted by molar-refractivity contribution is 6.50. The van der Waals surface area contributed by atoms with Gasteiger partial charge in [-0.15, -0.1) is 10.9 Å². The molecule has 9 heavy (non-hydrogen) atoms. The van der Waals surface area contributed by atoms with E-state index in [2.05, 4.69) is 0 Å². The van der Waals surface area contributed by atoms with Crippen molar-refractivity contribution in [3.63, 3.8) is 0 Å². The Bertz CT molecular complexity index is 220. The van der Waals surface area contributed by atoms with Crippen molar-refractivity contribution in [2.24, 2.45) is 0 Å². The molecule has 0 unspecified atom stereocenters. The van der Waals surface area contributed by atoms with E-state index in [9.17, 15) is 0 Å². The molecule has 0 saturated heterocycles. The summed E-state index contributed by atoms with van der Waals surface area (Å²) in [6.07, 6.45) is 0. The highest BCUT2D eigenvalue weighted by Crippen LogP contribution is 1.69. The van der Waals surface area contributed by atoms with Gasteiger partial charge in [0.1, 0.15) is 23.5 Å². The molecule has 0 aromatic heterocycles. The zero-order valence-corrected chi connectivity index (χ0v) is 4.96. The lowest BCUT2D eigenvalue weighted by Gasteiger charge is -1.99. The Kier molecular flexibility index (Phi) is 1.70. The second-order valence-corrected chi connectivity index (χ2v) is 1.89. The first-order chi connectivity index (χ1) is 4.20. The van der Waals surface area contributed by atoms with Gasteiger partial charge in [0, 0.05) is 0 Å². The van der Waals surface area contributed by atoms with E-state index in [4.69, 9.17) is 23.5 Å². The predicted molar refractivity (Wildman–Crippen MR) is 42.6 cm³/mol. The third-order valence-electron chi connectivity index (χ3n) is 1.11. The molecule has 36 valence electrons. The molecule has 0 fully saturated rings. The second-order valence-electron chi connectivity index (χ2n) is 1.89. The van der Waals surface area contributed by atoms with Crippen LogP contribution in [0.25, 0.3) is 0 Å². The summed E-state index contributed by atoms with van der Waals surface area (Å²) in [6, 6.07) is 5.03. The number of hydrogen-bond donors (Lipinski definition) is 0. The van der Waals surface area contributed by atoms with E-state index in [-0.39, 0.29) is 0 Å². The Labute approximate surface area is 58.9 Å². The minimum atomic E-state index is 0.537. The molecule has 0 amide bonds. The van der Waals surface area contributed by atoms with Crippen molar-refractivity contribution in [3.8, 4) is 0 Å². The largest absolute Gasteiger partial charge is 0.113 e. The van der Waals surface area contributed by atoms with E-state index in [1.54, 1.807) is 18.2 Å². The second kappa shape index (κ2) is 2.34. The maximum absolute atomic E-state index is 5.42. The topological polar surface area (TPSA) is 0 Å². The van der Waals surface area contributed by atoms with Crippen molar-refractivity contribution in [3.05, 3.63) is 18.2 Å². The summed E-state index contributed by atoms with van der Waals surface area (Å²) in [7, 11) is 16.2. The van der Waals surface area contributed by atoms with Gasteiger partial charge in [-0.05, 0) is 0 Å². The average Bonchev–Trinajstić information content (AvgIpc) is 1.80. The molecular formula is C6H3B3. The van der Waals surface area contributed by atoms with E-state index in [1.165, 1.54) is 0 Å². The molecule has 6 radical (unpaired) electrons. The quantitative estimate of drug-likeness (QED) is 0.339. The fourth-order valence-electron chi connectivity index (χ4n) is 0.593. The predicted octanol–water partition coefficient (Wildman–Crippen LogP) is -1.93. The molecule has 1 aromatic rings. The van der Waals surface area contributed by atoms with E-state index >= 15 is 0 Å². The molecule has 0 bridgehead atoms. The average molecular weight is 108 g/mol. The van der Waals surface area contributed by atoms with Crippen LogP contribution in [0.3, 0.4) is 0 Å². The van der Waals surface area contributed by atoms with E-state index in [1.807, 2.05) is 0 Å². The summed E-state index contributed by atoms with van der Waals surface area (Å²) < 4.78 is 0. The van der Waals surface area contributed by atoms with Gasteiger partial charge in [-0.3, -0.25) is 0 Å². The summed E-state index contributed by atoms with van der Waals surface area (Å²) >= 11 is 0. The summed E-state index contributed by atoms with van der Waals surface area (Å²) in [5, 5.41) is 0. The van der Waals surface area contributed by atoms with Crippen LogP contribution in [0.4, 0.5) is 0 Å². The Morgan fingerprint density at radius 1 is 0.889 bits per heavy atom. The van der Waals surface area contributed by atoms with Crippen LogP contribution >= 0.6 is 0 Å². The highest BCUT2D eigenvalue weighted by Gasteiger charge is 1.88. The van der Waals surface area contributed by atoms with Gasteiger partial charge >= 0.3 is 0 Å². The highest BCUT2D eigenvalue weighted by atomic mass is 13.8. The monoisotopic (exact) mass is 108 g/mol. The smallest absolute Gasteiger partial charge is 0.104 e. The van der Waals surface area contributed by atoms with Crippen LogP contribution in [0.1, 0.15) is 0 Å². The lowest BCUT2D eigenvalue weighted by atomic mass is 9.77. The van der Waals surface area contributed by atoms with Crippen LogP contribution in [0.2, 0.25) is 0 Å². The number of rotatable bonds is 0. The first kappa shape index (κ1) is 6.53. The molecule has 0 nitrogen and oxygen atoms in total. The van der Waals surface area contributed by atoms with Gasteiger partial charge in [-0.25, -0.2) is 0 Å². The van der Waals surface area contributed by atoms with Crippen molar-refractivity contribution in [1.82, 2.24) is 0 Å². The van der Waals surface area contributed by atoms with Crippen molar-refractivity contribution in [2.45, 2.75) is 0 Å². The van der Waals surface area contributed by atoms with Gasteiger partial charge in [0.2, 0.25) is 0 Å². The standard InChI is InChI=1S/C6H3B3/c7-4-1-2-5(8)6(9)3-4/h1-3H. The molecule has 0 aliphatic rings. The van der Waals surface area contributed by atoms with Crippen molar-refractivity contribution in [2.75, 3.05) is 0 Å². The summed E-state index contributed by atoms with van der Waals surface area (Å²) in [6.45, 7) is 0. The van der Waals surface area contributed by atoms with Crippen molar-refractivity contribution in [1.29, 1.82) is 0 Å². The normalized spacial score (nSPS) is 9.33. The minimum absolute atomic E-state index is 0.537. The van der Waals surface area contributed by atoms with E-state index < -0.39 is 0 Å². The molecule has 0 aliphatic carbocycles. The lowest BCUT2D eigenvalue weighted by molar-refractivity contribution is 1.91. The van der Waals surface area contributed by atoms with Crippen LogP contribution in [0.5, 0.6) is 0 Å². The van der Waals surface area contributed by atoms with Gasteiger partial charge in [-0.1, -0.05) is 23.7 Å². The van der Waals surface area contributed by atoms with E-state index in [0.29, 0.717) is 16.4 Å². The molecule has 1 rings (SSSR count). The molecule has 0 saturated carbocycles. The first-order valence-electron chi connectivity index (χ1n) is 2.60. The molecule has 0 heterocycles. The van der Waals surface area contributed by atoms with Gasteiger partial charge in [0.25, 0.3) is 0 Å². The Morgan fingerprint density at radius 3 is 2.00 bits per heavy atom. The first-order valence-corrected chi connectivity index (χ1v) is 2.60.